The lowest BCUT2D eigenvalue weighted by Gasteiger charge is -2.34. The van der Waals surface area contributed by atoms with Crippen molar-refractivity contribution in [2.45, 2.75) is 45.1 Å². The first-order chi connectivity index (χ1) is 9.56. The smallest absolute Gasteiger partial charge is 0.186 e. The predicted octanol–water partition coefficient (Wildman–Crippen LogP) is 3.00. The quantitative estimate of drug-likeness (QED) is 0.783. The van der Waals surface area contributed by atoms with E-state index in [0.717, 1.165) is 41.5 Å². The fraction of sp³-hybridized carbons (Fsp3) is 0.733. The van der Waals surface area contributed by atoms with Crippen LogP contribution in [0.5, 0.6) is 0 Å². The number of hydrogen-bond acceptors (Lipinski definition) is 5. The summed E-state index contributed by atoms with van der Waals surface area (Å²) in [5.41, 5.74) is 0.974. The second-order valence-electron chi connectivity index (χ2n) is 5.82. The van der Waals surface area contributed by atoms with Crippen molar-refractivity contribution in [1.29, 1.82) is 0 Å². The van der Waals surface area contributed by atoms with Crippen LogP contribution in [0.3, 0.4) is 0 Å². The van der Waals surface area contributed by atoms with Crippen LogP contribution in [0.4, 0.5) is 5.13 Å². The molecular formula is C15H25N3OS. The number of anilines is 1. The van der Waals surface area contributed by atoms with Crippen molar-refractivity contribution in [1.82, 2.24) is 9.88 Å². The van der Waals surface area contributed by atoms with Crippen LogP contribution in [0.15, 0.2) is 0 Å². The Kier molecular flexibility index (Phi) is 5.16. The average Bonchev–Trinajstić information content (AvgIpc) is 2.90. The van der Waals surface area contributed by atoms with E-state index < -0.39 is 0 Å². The summed E-state index contributed by atoms with van der Waals surface area (Å²) in [6.07, 6.45) is 4.32. The number of piperidine rings is 1. The highest BCUT2D eigenvalue weighted by molar-refractivity contribution is 7.17. The minimum Gasteiger partial charge on any atom is -0.348 e. The van der Waals surface area contributed by atoms with Gasteiger partial charge in [-0.15, -0.1) is 0 Å². The normalized spacial score (nSPS) is 19.0. The van der Waals surface area contributed by atoms with Crippen molar-refractivity contribution in [3.05, 3.63) is 10.6 Å². The summed E-state index contributed by atoms with van der Waals surface area (Å²) in [7, 11) is 4.29. The molecule has 1 saturated heterocycles. The second kappa shape index (κ2) is 6.68. The molecule has 1 unspecified atom stereocenters. The first-order valence-electron chi connectivity index (χ1n) is 7.44. The number of rotatable bonds is 5. The molecular weight excluding hydrogens is 270 g/mol. The molecule has 0 spiro atoms. The molecule has 0 N–H and O–H groups in total. The summed E-state index contributed by atoms with van der Waals surface area (Å²) in [4.78, 5) is 21.4. The topological polar surface area (TPSA) is 36.4 Å². The molecule has 0 aliphatic carbocycles. The highest BCUT2D eigenvalue weighted by Gasteiger charge is 2.24. The van der Waals surface area contributed by atoms with Gasteiger partial charge in [0.2, 0.25) is 0 Å². The Morgan fingerprint density at radius 2 is 2.15 bits per heavy atom. The molecule has 5 heteroatoms. The molecule has 0 aromatic carbocycles. The number of aldehydes is 1. The van der Waals surface area contributed by atoms with E-state index in [1.165, 1.54) is 24.2 Å². The van der Waals surface area contributed by atoms with Gasteiger partial charge in [0.1, 0.15) is 0 Å². The third-order valence-electron chi connectivity index (χ3n) is 4.39. The Bertz CT molecular complexity index is 452. The van der Waals surface area contributed by atoms with E-state index in [1.54, 1.807) is 0 Å². The Morgan fingerprint density at radius 1 is 1.50 bits per heavy atom. The van der Waals surface area contributed by atoms with Gasteiger partial charge in [0, 0.05) is 13.1 Å². The molecule has 0 amide bonds. The first kappa shape index (κ1) is 15.4. The maximum atomic E-state index is 11.2. The molecule has 0 saturated carbocycles. The Balaban J connectivity index is 2.15. The van der Waals surface area contributed by atoms with Crippen LogP contribution in [0.25, 0.3) is 0 Å². The predicted molar refractivity (Wildman–Crippen MR) is 85.1 cm³/mol. The number of carbonyl (C=O) groups excluding carboxylic acids is 1. The van der Waals surface area contributed by atoms with Crippen LogP contribution in [0.1, 0.15) is 54.4 Å². The molecule has 1 aliphatic rings. The maximum Gasteiger partial charge on any atom is 0.186 e. The van der Waals surface area contributed by atoms with E-state index in [1.807, 2.05) is 0 Å². The first-order valence-corrected chi connectivity index (χ1v) is 8.25. The fourth-order valence-corrected chi connectivity index (χ4v) is 3.68. The van der Waals surface area contributed by atoms with Gasteiger partial charge in [-0.2, -0.15) is 0 Å². The van der Waals surface area contributed by atoms with Crippen molar-refractivity contribution in [2.75, 3.05) is 32.1 Å². The van der Waals surface area contributed by atoms with Crippen LogP contribution in [0, 0.1) is 0 Å². The lowest BCUT2D eigenvalue weighted by atomic mass is 10.0. The number of hydrogen-bond donors (Lipinski definition) is 0. The zero-order valence-corrected chi connectivity index (χ0v) is 13.7. The summed E-state index contributed by atoms with van der Waals surface area (Å²) >= 11 is 1.54. The van der Waals surface area contributed by atoms with Gasteiger partial charge in [-0.05, 0) is 45.3 Å². The Morgan fingerprint density at radius 3 is 2.70 bits per heavy atom. The Labute approximate surface area is 125 Å². The minimum atomic E-state index is 0.353. The highest BCUT2D eigenvalue weighted by atomic mass is 32.1. The largest absolute Gasteiger partial charge is 0.348 e. The summed E-state index contributed by atoms with van der Waals surface area (Å²) < 4.78 is 0. The molecule has 1 fully saturated rings. The van der Waals surface area contributed by atoms with Crippen molar-refractivity contribution < 1.29 is 4.79 Å². The number of thiazole rings is 1. The molecule has 4 nitrogen and oxygen atoms in total. The van der Waals surface area contributed by atoms with Gasteiger partial charge in [-0.1, -0.05) is 25.2 Å². The second-order valence-corrected chi connectivity index (χ2v) is 6.83. The molecule has 0 radical (unpaired) electrons. The van der Waals surface area contributed by atoms with E-state index >= 15 is 0 Å². The van der Waals surface area contributed by atoms with Crippen molar-refractivity contribution >= 4 is 22.8 Å². The van der Waals surface area contributed by atoms with E-state index in [4.69, 9.17) is 4.98 Å². The minimum absolute atomic E-state index is 0.353. The summed E-state index contributed by atoms with van der Waals surface area (Å²) in [5.74, 6) is 0.353. The average molecular weight is 295 g/mol. The highest BCUT2D eigenvalue weighted by Crippen LogP contribution is 2.32. The van der Waals surface area contributed by atoms with Gasteiger partial charge in [0.05, 0.1) is 10.6 Å². The molecule has 1 aliphatic heterocycles. The molecule has 2 heterocycles. The molecule has 2 rings (SSSR count). The fourth-order valence-electron chi connectivity index (χ4n) is 2.65. The van der Waals surface area contributed by atoms with Crippen molar-refractivity contribution in [3.63, 3.8) is 0 Å². The SMILES string of the molecule is CCC(C)c1nc(N(C)C2CCN(C)CC2)sc1C=O. The molecule has 20 heavy (non-hydrogen) atoms. The van der Waals surface area contributed by atoms with Gasteiger partial charge < -0.3 is 9.80 Å². The third kappa shape index (κ3) is 3.20. The van der Waals surface area contributed by atoms with E-state index in [0.29, 0.717) is 12.0 Å². The molecule has 112 valence electrons. The van der Waals surface area contributed by atoms with Gasteiger partial charge in [-0.3, -0.25) is 4.79 Å². The monoisotopic (exact) mass is 295 g/mol. The van der Waals surface area contributed by atoms with Crippen LogP contribution in [-0.2, 0) is 0 Å². The van der Waals surface area contributed by atoms with Gasteiger partial charge in [-0.25, -0.2) is 4.98 Å². The van der Waals surface area contributed by atoms with E-state index in [2.05, 4.69) is 37.7 Å². The molecule has 1 aromatic heterocycles. The van der Waals surface area contributed by atoms with Crippen LogP contribution in [-0.4, -0.2) is 49.4 Å². The number of aromatic nitrogens is 1. The molecule has 1 atom stereocenters. The van der Waals surface area contributed by atoms with Crippen LogP contribution in [0.2, 0.25) is 0 Å². The van der Waals surface area contributed by atoms with Crippen molar-refractivity contribution in [3.8, 4) is 0 Å². The number of carbonyl (C=O) groups is 1. The van der Waals surface area contributed by atoms with Crippen LogP contribution >= 0.6 is 11.3 Å². The van der Waals surface area contributed by atoms with Gasteiger partial charge in [0.25, 0.3) is 0 Å². The number of likely N-dealkylation sites (tertiary alicyclic amines) is 1. The molecule has 1 aromatic rings. The van der Waals surface area contributed by atoms with E-state index in [-0.39, 0.29) is 0 Å². The standard InChI is InChI=1S/C15H25N3OS/c1-5-11(2)14-13(10-19)20-15(16-14)18(4)12-6-8-17(3)9-7-12/h10-12H,5-9H2,1-4H3. The summed E-state index contributed by atoms with van der Waals surface area (Å²) in [6, 6.07) is 0.543. The lowest BCUT2D eigenvalue weighted by Crippen LogP contribution is -2.41. The maximum absolute atomic E-state index is 11.2. The Hall–Kier alpha value is -0.940. The summed E-state index contributed by atoms with van der Waals surface area (Å²) in [6.45, 7) is 6.55. The number of nitrogens with zero attached hydrogens (tertiary/aromatic N) is 3. The lowest BCUT2D eigenvalue weighted by molar-refractivity contribution is 0.112. The van der Waals surface area contributed by atoms with Gasteiger partial charge in [0.15, 0.2) is 11.4 Å². The zero-order chi connectivity index (χ0) is 14.7. The summed E-state index contributed by atoms with van der Waals surface area (Å²) in [5, 5.41) is 0.997. The zero-order valence-electron chi connectivity index (χ0n) is 12.9. The molecule has 0 bridgehead atoms. The van der Waals surface area contributed by atoms with E-state index in [9.17, 15) is 4.79 Å². The van der Waals surface area contributed by atoms with Gasteiger partial charge >= 0.3 is 0 Å². The van der Waals surface area contributed by atoms with Crippen molar-refractivity contribution in [2.24, 2.45) is 0 Å². The third-order valence-corrected chi connectivity index (χ3v) is 5.48. The van der Waals surface area contributed by atoms with Crippen LogP contribution < -0.4 is 4.90 Å².